The van der Waals surface area contributed by atoms with Crippen LogP contribution >= 0.6 is 11.3 Å². The zero-order valence-corrected chi connectivity index (χ0v) is 11.1. The number of thiazole rings is 1. The smallest absolute Gasteiger partial charge is 0.273 e. The Labute approximate surface area is 114 Å². The van der Waals surface area contributed by atoms with Crippen LogP contribution in [0.5, 0.6) is 11.5 Å². The third kappa shape index (κ3) is 2.39. The van der Waals surface area contributed by atoms with Crippen LogP contribution in [0.3, 0.4) is 0 Å². The van der Waals surface area contributed by atoms with Gasteiger partial charge in [0.1, 0.15) is 5.69 Å². The summed E-state index contributed by atoms with van der Waals surface area (Å²) in [6.07, 6.45) is 0. The maximum atomic E-state index is 12.1. The van der Waals surface area contributed by atoms with E-state index in [2.05, 4.69) is 4.98 Å². The third-order valence-electron chi connectivity index (χ3n) is 2.85. The molecule has 1 aliphatic heterocycles. The molecule has 1 aromatic carbocycles. The highest BCUT2D eigenvalue weighted by atomic mass is 32.1. The van der Waals surface area contributed by atoms with E-state index in [0.717, 1.165) is 17.1 Å². The second kappa shape index (κ2) is 4.89. The lowest BCUT2D eigenvalue weighted by Crippen LogP contribution is -2.26. The van der Waals surface area contributed by atoms with Crippen LogP contribution in [0.1, 0.15) is 16.1 Å². The van der Waals surface area contributed by atoms with Crippen molar-refractivity contribution in [3.63, 3.8) is 0 Å². The molecule has 1 aliphatic rings. The number of ether oxygens (including phenoxy) is 2. The molecule has 0 bridgehead atoms. The number of hydrogen-bond acceptors (Lipinski definition) is 5. The van der Waals surface area contributed by atoms with Crippen molar-refractivity contribution in [1.82, 2.24) is 9.88 Å². The minimum absolute atomic E-state index is 0.0843. The molecule has 0 N–H and O–H groups in total. The first-order valence-electron chi connectivity index (χ1n) is 5.76. The standard InChI is InChI=1S/C13H12N2O3S/c1-15(13(16)10-6-19-7-14-10)5-9-2-3-11-12(4-9)18-8-17-11/h2-4,6-7H,5,8H2,1H3. The number of amides is 1. The van der Waals surface area contributed by atoms with Crippen LogP contribution in [0.25, 0.3) is 0 Å². The fourth-order valence-electron chi connectivity index (χ4n) is 1.90. The Bertz CT molecular complexity index is 598. The molecular weight excluding hydrogens is 264 g/mol. The molecule has 0 fully saturated rings. The topological polar surface area (TPSA) is 51.7 Å². The van der Waals surface area contributed by atoms with Gasteiger partial charge in [0.15, 0.2) is 11.5 Å². The van der Waals surface area contributed by atoms with Crippen molar-refractivity contribution < 1.29 is 14.3 Å². The van der Waals surface area contributed by atoms with Crippen LogP contribution < -0.4 is 9.47 Å². The Morgan fingerprint density at radius 3 is 3.05 bits per heavy atom. The predicted molar refractivity (Wildman–Crippen MR) is 70.5 cm³/mol. The normalized spacial score (nSPS) is 12.5. The van der Waals surface area contributed by atoms with Crippen LogP contribution in [0.15, 0.2) is 29.1 Å². The molecule has 2 heterocycles. The molecule has 3 rings (SSSR count). The van der Waals surface area contributed by atoms with E-state index in [1.54, 1.807) is 22.8 Å². The lowest BCUT2D eigenvalue weighted by Gasteiger charge is -2.16. The molecule has 5 nitrogen and oxygen atoms in total. The number of fused-ring (bicyclic) bond motifs is 1. The highest BCUT2D eigenvalue weighted by molar-refractivity contribution is 7.07. The largest absolute Gasteiger partial charge is 0.454 e. The molecule has 1 aromatic heterocycles. The first-order chi connectivity index (χ1) is 9.24. The number of hydrogen-bond donors (Lipinski definition) is 0. The van der Waals surface area contributed by atoms with Crippen LogP contribution in [0, 0.1) is 0 Å². The van der Waals surface area contributed by atoms with E-state index in [0.29, 0.717) is 12.2 Å². The Kier molecular flexibility index (Phi) is 3.08. The average molecular weight is 276 g/mol. The summed E-state index contributed by atoms with van der Waals surface area (Å²) < 4.78 is 10.6. The minimum Gasteiger partial charge on any atom is -0.454 e. The second-order valence-electron chi connectivity index (χ2n) is 4.22. The fourth-order valence-corrected chi connectivity index (χ4v) is 2.42. The first-order valence-corrected chi connectivity index (χ1v) is 6.70. The average Bonchev–Trinajstić information content (AvgIpc) is 3.08. The Morgan fingerprint density at radius 2 is 2.26 bits per heavy atom. The summed E-state index contributed by atoms with van der Waals surface area (Å²) in [6.45, 7) is 0.763. The second-order valence-corrected chi connectivity index (χ2v) is 4.94. The monoisotopic (exact) mass is 276 g/mol. The van der Waals surface area contributed by atoms with Gasteiger partial charge in [0.05, 0.1) is 5.51 Å². The van der Waals surface area contributed by atoms with Gasteiger partial charge in [0.2, 0.25) is 6.79 Å². The molecule has 0 saturated carbocycles. The van der Waals surface area contributed by atoms with E-state index in [1.165, 1.54) is 11.3 Å². The van der Waals surface area contributed by atoms with Crippen LogP contribution in [-0.4, -0.2) is 29.6 Å². The Hall–Kier alpha value is -2.08. The molecule has 1 amide bonds. The predicted octanol–water partition coefficient (Wildman–Crippen LogP) is 2.14. The molecular formula is C13H12N2O3S. The molecule has 6 heteroatoms. The summed E-state index contributed by atoms with van der Waals surface area (Å²) in [7, 11) is 1.76. The molecule has 0 saturated heterocycles. The van der Waals surface area contributed by atoms with E-state index in [1.807, 2.05) is 18.2 Å². The fraction of sp³-hybridized carbons (Fsp3) is 0.231. The molecule has 2 aromatic rings. The number of benzene rings is 1. The van der Waals surface area contributed by atoms with Gasteiger partial charge in [-0.1, -0.05) is 6.07 Å². The van der Waals surface area contributed by atoms with Gasteiger partial charge in [-0.15, -0.1) is 11.3 Å². The SMILES string of the molecule is CN(Cc1ccc2c(c1)OCO2)C(=O)c1cscn1. The highest BCUT2D eigenvalue weighted by Crippen LogP contribution is 2.32. The van der Waals surface area contributed by atoms with Gasteiger partial charge < -0.3 is 14.4 Å². The molecule has 0 aliphatic carbocycles. The van der Waals surface area contributed by atoms with E-state index in [9.17, 15) is 4.79 Å². The Balaban J connectivity index is 1.73. The van der Waals surface area contributed by atoms with Gasteiger partial charge in [0.25, 0.3) is 5.91 Å². The maximum Gasteiger partial charge on any atom is 0.273 e. The summed E-state index contributed by atoms with van der Waals surface area (Å²) in [4.78, 5) is 17.7. The van der Waals surface area contributed by atoms with Gasteiger partial charge >= 0.3 is 0 Å². The molecule has 98 valence electrons. The summed E-state index contributed by atoms with van der Waals surface area (Å²) in [6, 6.07) is 5.68. The van der Waals surface area contributed by atoms with Crippen LogP contribution in [-0.2, 0) is 6.54 Å². The van der Waals surface area contributed by atoms with Crippen molar-refractivity contribution in [2.24, 2.45) is 0 Å². The van der Waals surface area contributed by atoms with Gasteiger partial charge in [-0.25, -0.2) is 4.98 Å². The number of aromatic nitrogens is 1. The molecule has 0 atom stereocenters. The maximum absolute atomic E-state index is 12.1. The first kappa shape index (κ1) is 12.0. The minimum atomic E-state index is -0.0843. The zero-order valence-electron chi connectivity index (χ0n) is 10.3. The van der Waals surface area contributed by atoms with Gasteiger partial charge in [-0.3, -0.25) is 4.79 Å². The lowest BCUT2D eigenvalue weighted by molar-refractivity contribution is 0.0780. The summed E-state index contributed by atoms with van der Waals surface area (Å²) in [5.74, 6) is 1.39. The lowest BCUT2D eigenvalue weighted by atomic mass is 10.2. The van der Waals surface area contributed by atoms with Crippen molar-refractivity contribution >= 4 is 17.2 Å². The van der Waals surface area contributed by atoms with Gasteiger partial charge in [-0.05, 0) is 17.7 Å². The Morgan fingerprint density at radius 1 is 1.42 bits per heavy atom. The van der Waals surface area contributed by atoms with Crippen molar-refractivity contribution in [3.05, 3.63) is 40.3 Å². The van der Waals surface area contributed by atoms with E-state index < -0.39 is 0 Å². The summed E-state index contributed by atoms with van der Waals surface area (Å²) in [5.41, 5.74) is 3.13. The van der Waals surface area contributed by atoms with Crippen molar-refractivity contribution in [3.8, 4) is 11.5 Å². The molecule has 19 heavy (non-hydrogen) atoms. The number of nitrogens with zero attached hydrogens (tertiary/aromatic N) is 2. The van der Waals surface area contributed by atoms with E-state index in [4.69, 9.17) is 9.47 Å². The van der Waals surface area contributed by atoms with Gasteiger partial charge in [0, 0.05) is 19.0 Å². The zero-order chi connectivity index (χ0) is 13.2. The molecule has 0 radical (unpaired) electrons. The van der Waals surface area contributed by atoms with Gasteiger partial charge in [-0.2, -0.15) is 0 Å². The van der Waals surface area contributed by atoms with Crippen molar-refractivity contribution in [2.45, 2.75) is 6.54 Å². The van der Waals surface area contributed by atoms with Crippen LogP contribution in [0.4, 0.5) is 0 Å². The summed E-state index contributed by atoms with van der Waals surface area (Å²) in [5, 5.41) is 1.75. The van der Waals surface area contributed by atoms with Crippen molar-refractivity contribution in [2.75, 3.05) is 13.8 Å². The van der Waals surface area contributed by atoms with Crippen molar-refractivity contribution in [1.29, 1.82) is 0 Å². The number of carbonyl (C=O) groups excluding carboxylic acids is 1. The van der Waals surface area contributed by atoms with Crippen LogP contribution in [0.2, 0.25) is 0 Å². The number of carbonyl (C=O) groups is 1. The highest BCUT2D eigenvalue weighted by Gasteiger charge is 2.17. The van der Waals surface area contributed by atoms with E-state index in [-0.39, 0.29) is 12.7 Å². The number of rotatable bonds is 3. The third-order valence-corrected chi connectivity index (χ3v) is 3.44. The quantitative estimate of drug-likeness (QED) is 0.862. The van der Waals surface area contributed by atoms with E-state index >= 15 is 0 Å². The molecule has 0 spiro atoms. The summed E-state index contributed by atoms with van der Waals surface area (Å²) >= 11 is 1.41. The molecule has 0 unspecified atom stereocenters.